The topological polar surface area (TPSA) is 49.4 Å². The third kappa shape index (κ3) is 5.98. The second-order valence-corrected chi connectivity index (χ2v) is 5.62. The van der Waals surface area contributed by atoms with Crippen molar-refractivity contribution in [2.45, 2.75) is 46.5 Å². The molecule has 21 heavy (non-hydrogen) atoms. The van der Waals surface area contributed by atoms with Gasteiger partial charge in [0.25, 0.3) is 0 Å². The first-order chi connectivity index (χ1) is 9.93. The van der Waals surface area contributed by atoms with Crippen molar-refractivity contribution in [3.8, 4) is 0 Å². The number of benzene rings is 1. The largest absolute Gasteiger partial charge is 0.334 e. The lowest BCUT2D eigenvalue weighted by Gasteiger charge is -2.20. The van der Waals surface area contributed by atoms with Crippen molar-refractivity contribution in [1.29, 1.82) is 0 Å². The zero-order chi connectivity index (χ0) is 15.8. The molecular formula is C17H26N2O2. The number of amides is 2. The summed E-state index contributed by atoms with van der Waals surface area (Å²) in [4.78, 5) is 25.1. The minimum Gasteiger partial charge on any atom is -0.334 e. The fourth-order valence-corrected chi connectivity index (χ4v) is 2.02. The Balaban J connectivity index is 2.57. The highest BCUT2D eigenvalue weighted by Crippen LogP contribution is 2.17. The highest BCUT2D eigenvalue weighted by molar-refractivity contribution is 5.94. The van der Waals surface area contributed by atoms with Gasteiger partial charge >= 0.3 is 0 Å². The van der Waals surface area contributed by atoms with Gasteiger partial charge < -0.3 is 10.2 Å². The summed E-state index contributed by atoms with van der Waals surface area (Å²) in [6, 6.07) is 7.83. The Hall–Kier alpha value is -1.84. The van der Waals surface area contributed by atoms with Crippen molar-refractivity contribution >= 4 is 17.5 Å². The number of nitrogens with zero attached hydrogens (tertiary/aromatic N) is 1. The summed E-state index contributed by atoms with van der Waals surface area (Å²) < 4.78 is 0. The van der Waals surface area contributed by atoms with Gasteiger partial charge in [0.1, 0.15) is 0 Å². The van der Waals surface area contributed by atoms with E-state index in [0.29, 0.717) is 12.5 Å². The first-order valence-corrected chi connectivity index (χ1v) is 7.59. The Bertz CT molecular complexity index is 466. The summed E-state index contributed by atoms with van der Waals surface area (Å²) in [6.45, 7) is 8.57. The summed E-state index contributed by atoms with van der Waals surface area (Å²) in [7, 11) is 0. The summed E-state index contributed by atoms with van der Waals surface area (Å²) in [5.74, 6) is 0.254. The maximum Gasteiger partial charge on any atom is 0.243 e. The quantitative estimate of drug-likeness (QED) is 0.836. The van der Waals surface area contributed by atoms with E-state index in [-0.39, 0.29) is 18.4 Å². The smallest absolute Gasteiger partial charge is 0.243 e. The molecule has 0 spiro atoms. The number of nitrogens with one attached hydrogen (secondary N) is 1. The standard InChI is InChI=1S/C17H26N2O2/c1-5-6-11-19(14(4)20)12-17(21)18-16-9-7-15(8-10-16)13(2)3/h7-10,13H,5-6,11-12H2,1-4H3,(H,18,21). The van der Waals surface area contributed by atoms with E-state index in [9.17, 15) is 9.59 Å². The molecule has 0 saturated heterocycles. The van der Waals surface area contributed by atoms with E-state index in [1.807, 2.05) is 24.3 Å². The number of hydrogen-bond donors (Lipinski definition) is 1. The lowest BCUT2D eigenvalue weighted by atomic mass is 10.0. The van der Waals surface area contributed by atoms with Crippen LogP contribution in [0.4, 0.5) is 5.69 Å². The predicted molar refractivity (Wildman–Crippen MR) is 86.3 cm³/mol. The van der Waals surface area contributed by atoms with Crippen LogP contribution in [-0.2, 0) is 9.59 Å². The van der Waals surface area contributed by atoms with Gasteiger partial charge in [0.15, 0.2) is 0 Å². The van der Waals surface area contributed by atoms with Crippen molar-refractivity contribution in [2.75, 3.05) is 18.4 Å². The number of unbranched alkanes of at least 4 members (excludes halogenated alkanes) is 1. The molecule has 0 fully saturated rings. The van der Waals surface area contributed by atoms with Crippen LogP contribution in [0.3, 0.4) is 0 Å². The molecule has 0 aliphatic carbocycles. The minimum atomic E-state index is -0.154. The van der Waals surface area contributed by atoms with E-state index in [4.69, 9.17) is 0 Å². The number of carbonyl (C=O) groups is 2. The molecule has 1 N–H and O–H groups in total. The van der Waals surface area contributed by atoms with Crippen LogP contribution < -0.4 is 5.32 Å². The Kier molecular flexibility index (Phi) is 6.92. The van der Waals surface area contributed by atoms with Crippen molar-refractivity contribution < 1.29 is 9.59 Å². The Morgan fingerprint density at radius 2 is 1.81 bits per heavy atom. The van der Waals surface area contributed by atoms with Gasteiger partial charge in [-0.3, -0.25) is 9.59 Å². The molecule has 1 aromatic carbocycles. The Labute approximate surface area is 127 Å². The van der Waals surface area contributed by atoms with Crippen LogP contribution >= 0.6 is 0 Å². The molecule has 0 radical (unpaired) electrons. The molecule has 116 valence electrons. The van der Waals surface area contributed by atoms with Gasteiger partial charge in [-0.05, 0) is 30.0 Å². The summed E-state index contributed by atoms with van der Waals surface area (Å²) in [5, 5.41) is 2.84. The van der Waals surface area contributed by atoms with Crippen molar-refractivity contribution in [1.82, 2.24) is 4.90 Å². The van der Waals surface area contributed by atoms with Crippen molar-refractivity contribution in [3.05, 3.63) is 29.8 Å². The van der Waals surface area contributed by atoms with Gasteiger partial charge in [0, 0.05) is 19.2 Å². The van der Waals surface area contributed by atoms with E-state index in [1.165, 1.54) is 12.5 Å². The van der Waals surface area contributed by atoms with Crippen molar-refractivity contribution in [2.24, 2.45) is 0 Å². The Morgan fingerprint density at radius 3 is 2.29 bits per heavy atom. The summed E-state index contributed by atoms with van der Waals surface area (Å²) in [6.07, 6.45) is 1.91. The van der Waals surface area contributed by atoms with Crippen LogP contribution in [-0.4, -0.2) is 29.8 Å². The number of anilines is 1. The monoisotopic (exact) mass is 290 g/mol. The van der Waals surface area contributed by atoms with E-state index in [2.05, 4.69) is 26.1 Å². The number of hydrogen-bond acceptors (Lipinski definition) is 2. The van der Waals surface area contributed by atoms with Gasteiger partial charge in [0.2, 0.25) is 11.8 Å². The SMILES string of the molecule is CCCCN(CC(=O)Nc1ccc(C(C)C)cc1)C(C)=O. The third-order valence-corrected chi connectivity index (χ3v) is 3.42. The molecule has 0 aromatic heterocycles. The molecule has 0 bridgehead atoms. The molecule has 0 aliphatic rings. The van der Waals surface area contributed by atoms with Crippen LogP contribution in [0, 0.1) is 0 Å². The van der Waals surface area contributed by atoms with E-state index >= 15 is 0 Å². The molecule has 2 amide bonds. The highest BCUT2D eigenvalue weighted by atomic mass is 16.2. The molecule has 0 saturated carbocycles. The zero-order valence-corrected chi connectivity index (χ0v) is 13.5. The molecule has 0 heterocycles. The van der Waals surface area contributed by atoms with Gasteiger partial charge in [-0.15, -0.1) is 0 Å². The average molecular weight is 290 g/mol. The molecule has 0 aliphatic heterocycles. The summed E-state index contributed by atoms with van der Waals surface area (Å²) >= 11 is 0. The predicted octanol–water partition coefficient (Wildman–Crippen LogP) is 3.40. The second-order valence-electron chi connectivity index (χ2n) is 5.62. The molecule has 0 unspecified atom stereocenters. The number of rotatable bonds is 7. The first-order valence-electron chi connectivity index (χ1n) is 7.59. The van der Waals surface area contributed by atoms with Crippen LogP contribution in [0.1, 0.15) is 52.0 Å². The molecule has 0 atom stereocenters. The van der Waals surface area contributed by atoms with Gasteiger partial charge in [0.05, 0.1) is 6.54 Å². The van der Waals surface area contributed by atoms with Crippen LogP contribution in [0.5, 0.6) is 0 Å². The van der Waals surface area contributed by atoms with Gasteiger partial charge in [-0.1, -0.05) is 39.3 Å². The first kappa shape index (κ1) is 17.2. The normalized spacial score (nSPS) is 10.5. The van der Waals surface area contributed by atoms with Crippen LogP contribution in [0.2, 0.25) is 0 Å². The van der Waals surface area contributed by atoms with Gasteiger partial charge in [-0.2, -0.15) is 0 Å². The van der Waals surface area contributed by atoms with E-state index in [1.54, 1.807) is 4.90 Å². The lowest BCUT2D eigenvalue weighted by molar-refractivity contribution is -0.132. The van der Waals surface area contributed by atoms with Crippen LogP contribution in [0.15, 0.2) is 24.3 Å². The highest BCUT2D eigenvalue weighted by Gasteiger charge is 2.13. The maximum absolute atomic E-state index is 12.0. The van der Waals surface area contributed by atoms with E-state index in [0.717, 1.165) is 18.5 Å². The lowest BCUT2D eigenvalue weighted by Crippen LogP contribution is -2.37. The maximum atomic E-state index is 12.0. The Morgan fingerprint density at radius 1 is 1.19 bits per heavy atom. The van der Waals surface area contributed by atoms with Crippen molar-refractivity contribution in [3.63, 3.8) is 0 Å². The second kappa shape index (κ2) is 8.45. The molecule has 1 rings (SSSR count). The van der Waals surface area contributed by atoms with Gasteiger partial charge in [-0.25, -0.2) is 0 Å². The fraction of sp³-hybridized carbons (Fsp3) is 0.529. The fourth-order valence-electron chi connectivity index (χ4n) is 2.02. The zero-order valence-electron chi connectivity index (χ0n) is 13.5. The minimum absolute atomic E-state index is 0.0613. The molecule has 4 nitrogen and oxygen atoms in total. The third-order valence-electron chi connectivity index (χ3n) is 3.42. The van der Waals surface area contributed by atoms with E-state index < -0.39 is 0 Å². The molecule has 1 aromatic rings. The average Bonchev–Trinajstić information content (AvgIpc) is 2.43. The summed E-state index contributed by atoms with van der Waals surface area (Å²) in [5.41, 5.74) is 2.00. The van der Waals surface area contributed by atoms with Crippen LogP contribution in [0.25, 0.3) is 0 Å². The molecular weight excluding hydrogens is 264 g/mol. The number of carbonyl (C=O) groups excluding carboxylic acids is 2. The molecule has 4 heteroatoms.